The van der Waals surface area contributed by atoms with Gasteiger partial charge in [-0.05, 0) is 32.1 Å². The van der Waals surface area contributed by atoms with Crippen LogP contribution in [0.3, 0.4) is 0 Å². The maximum absolute atomic E-state index is 8.91. The van der Waals surface area contributed by atoms with Gasteiger partial charge in [-0.25, -0.2) is 0 Å². The number of nitriles is 1. The van der Waals surface area contributed by atoms with Crippen LogP contribution in [0.4, 0.5) is 0 Å². The molecular formula is C13H16N2O. The van der Waals surface area contributed by atoms with Gasteiger partial charge in [-0.1, -0.05) is 12.1 Å². The number of hydrogen-bond donors (Lipinski definition) is 0. The molecule has 0 aliphatic carbocycles. The van der Waals surface area contributed by atoms with Gasteiger partial charge in [-0.15, -0.1) is 0 Å². The first-order valence-electron chi connectivity index (χ1n) is 5.60. The fraction of sp³-hybridized carbons (Fsp3) is 0.462. The van der Waals surface area contributed by atoms with Gasteiger partial charge in [0.05, 0.1) is 12.2 Å². The van der Waals surface area contributed by atoms with Gasteiger partial charge in [0.15, 0.2) is 0 Å². The van der Waals surface area contributed by atoms with Crippen LogP contribution >= 0.6 is 0 Å². The molecule has 0 spiro atoms. The Balaban J connectivity index is 1.92. The van der Waals surface area contributed by atoms with Gasteiger partial charge in [0, 0.05) is 12.5 Å². The number of nitrogens with zero attached hydrogens (tertiary/aromatic N) is 2. The van der Waals surface area contributed by atoms with Gasteiger partial charge in [0.1, 0.15) is 11.8 Å². The third-order valence-corrected chi connectivity index (χ3v) is 2.97. The zero-order valence-corrected chi connectivity index (χ0v) is 9.52. The minimum Gasteiger partial charge on any atom is -0.492 e. The van der Waals surface area contributed by atoms with Crippen molar-refractivity contribution in [2.75, 3.05) is 26.7 Å². The number of hydrogen-bond acceptors (Lipinski definition) is 3. The lowest BCUT2D eigenvalue weighted by molar-refractivity contribution is 0.248. The quantitative estimate of drug-likeness (QED) is 0.774. The summed E-state index contributed by atoms with van der Waals surface area (Å²) < 4.78 is 5.71. The largest absolute Gasteiger partial charge is 0.492 e. The molecule has 1 unspecified atom stereocenters. The van der Waals surface area contributed by atoms with Crippen molar-refractivity contribution >= 4 is 0 Å². The number of benzene rings is 1. The van der Waals surface area contributed by atoms with Crippen LogP contribution in [0.1, 0.15) is 12.0 Å². The topological polar surface area (TPSA) is 36.3 Å². The van der Waals surface area contributed by atoms with E-state index in [0.717, 1.165) is 13.1 Å². The van der Waals surface area contributed by atoms with Gasteiger partial charge in [0.2, 0.25) is 0 Å². The zero-order chi connectivity index (χ0) is 11.4. The Morgan fingerprint density at radius 2 is 2.31 bits per heavy atom. The third kappa shape index (κ3) is 2.53. The lowest BCUT2D eigenvalue weighted by Gasteiger charge is -2.12. The van der Waals surface area contributed by atoms with E-state index in [4.69, 9.17) is 10.00 Å². The predicted octanol–water partition coefficient (Wildman–Crippen LogP) is 1.89. The first kappa shape index (κ1) is 11.0. The van der Waals surface area contributed by atoms with Crippen LogP contribution in [-0.4, -0.2) is 31.6 Å². The van der Waals surface area contributed by atoms with Crippen LogP contribution in [0.5, 0.6) is 5.75 Å². The van der Waals surface area contributed by atoms with Crippen molar-refractivity contribution < 1.29 is 4.74 Å². The fourth-order valence-electron chi connectivity index (χ4n) is 2.05. The highest BCUT2D eigenvalue weighted by atomic mass is 16.5. The molecule has 1 heterocycles. The lowest BCUT2D eigenvalue weighted by Crippen LogP contribution is -2.18. The standard InChI is InChI=1S/C13H16N2O/c1-15-7-6-11(9-15)10-16-13-5-3-2-4-12(13)8-14/h2-5,11H,6-7,9-10H2,1H3. The predicted molar refractivity (Wildman–Crippen MR) is 62.3 cm³/mol. The summed E-state index contributed by atoms with van der Waals surface area (Å²) in [5.74, 6) is 1.30. The smallest absolute Gasteiger partial charge is 0.137 e. The average Bonchev–Trinajstić information content (AvgIpc) is 2.73. The van der Waals surface area contributed by atoms with E-state index in [2.05, 4.69) is 18.0 Å². The Kier molecular flexibility index (Phi) is 3.43. The molecule has 2 rings (SSSR count). The summed E-state index contributed by atoms with van der Waals surface area (Å²) in [5, 5.41) is 8.91. The molecule has 1 atom stereocenters. The molecule has 1 saturated heterocycles. The number of likely N-dealkylation sites (tertiary alicyclic amines) is 1. The van der Waals surface area contributed by atoms with Crippen molar-refractivity contribution in [2.45, 2.75) is 6.42 Å². The summed E-state index contributed by atoms with van der Waals surface area (Å²) in [7, 11) is 2.13. The average molecular weight is 216 g/mol. The van der Waals surface area contributed by atoms with Crippen molar-refractivity contribution in [2.24, 2.45) is 5.92 Å². The molecule has 0 bridgehead atoms. The highest BCUT2D eigenvalue weighted by molar-refractivity contribution is 5.42. The summed E-state index contributed by atoms with van der Waals surface area (Å²) in [6, 6.07) is 9.55. The van der Waals surface area contributed by atoms with E-state index >= 15 is 0 Å². The molecule has 0 saturated carbocycles. The maximum Gasteiger partial charge on any atom is 0.137 e. The lowest BCUT2D eigenvalue weighted by atomic mass is 10.1. The van der Waals surface area contributed by atoms with E-state index in [1.807, 2.05) is 18.2 Å². The van der Waals surface area contributed by atoms with Crippen molar-refractivity contribution in [3.63, 3.8) is 0 Å². The minimum atomic E-state index is 0.594. The summed E-state index contributed by atoms with van der Waals surface area (Å²) in [4.78, 5) is 2.31. The number of rotatable bonds is 3. The zero-order valence-electron chi connectivity index (χ0n) is 9.52. The SMILES string of the molecule is CN1CCC(COc2ccccc2C#N)C1. The van der Waals surface area contributed by atoms with E-state index in [1.165, 1.54) is 6.42 Å². The molecule has 0 radical (unpaired) electrons. The van der Waals surface area contributed by atoms with Crippen molar-refractivity contribution in [1.29, 1.82) is 5.26 Å². The van der Waals surface area contributed by atoms with Crippen LogP contribution < -0.4 is 4.74 Å². The highest BCUT2D eigenvalue weighted by Crippen LogP contribution is 2.20. The molecule has 16 heavy (non-hydrogen) atoms. The second kappa shape index (κ2) is 5.00. The molecule has 1 aromatic rings. The normalized spacial score (nSPS) is 20.6. The molecule has 0 aromatic heterocycles. The highest BCUT2D eigenvalue weighted by Gasteiger charge is 2.20. The first-order valence-corrected chi connectivity index (χ1v) is 5.60. The second-order valence-corrected chi connectivity index (χ2v) is 4.34. The third-order valence-electron chi connectivity index (χ3n) is 2.97. The Morgan fingerprint density at radius 3 is 3.00 bits per heavy atom. The first-order chi connectivity index (χ1) is 7.79. The number of para-hydroxylation sites is 1. The maximum atomic E-state index is 8.91. The molecule has 0 N–H and O–H groups in total. The van der Waals surface area contributed by atoms with Gasteiger partial charge >= 0.3 is 0 Å². The van der Waals surface area contributed by atoms with Gasteiger partial charge < -0.3 is 9.64 Å². The Hall–Kier alpha value is -1.53. The Bertz CT molecular complexity index is 397. The molecule has 1 fully saturated rings. The van der Waals surface area contributed by atoms with Gasteiger partial charge in [0.25, 0.3) is 0 Å². The molecule has 1 aliphatic rings. The van der Waals surface area contributed by atoms with Crippen molar-refractivity contribution in [1.82, 2.24) is 4.90 Å². The molecule has 3 nitrogen and oxygen atoms in total. The molecule has 84 valence electrons. The van der Waals surface area contributed by atoms with E-state index in [9.17, 15) is 0 Å². The van der Waals surface area contributed by atoms with Gasteiger partial charge in [-0.3, -0.25) is 0 Å². The molecule has 3 heteroatoms. The summed E-state index contributed by atoms with van der Waals surface area (Å²) in [6.07, 6.45) is 1.19. The number of ether oxygens (including phenoxy) is 1. The molecule has 0 amide bonds. The van der Waals surface area contributed by atoms with Crippen LogP contribution in [0.25, 0.3) is 0 Å². The van der Waals surface area contributed by atoms with E-state index in [-0.39, 0.29) is 0 Å². The van der Waals surface area contributed by atoms with E-state index in [0.29, 0.717) is 23.8 Å². The van der Waals surface area contributed by atoms with Crippen molar-refractivity contribution in [3.8, 4) is 11.8 Å². The molecule has 1 aromatic carbocycles. The fourth-order valence-corrected chi connectivity index (χ4v) is 2.05. The Morgan fingerprint density at radius 1 is 1.50 bits per heavy atom. The van der Waals surface area contributed by atoms with E-state index < -0.39 is 0 Å². The van der Waals surface area contributed by atoms with Crippen molar-refractivity contribution in [3.05, 3.63) is 29.8 Å². The second-order valence-electron chi connectivity index (χ2n) is 4.34. The molecule has 1 aliphatic heterocycles. The van der Waals surface area contributed by atoms with Crippen LogP contribution in [0, 0.1) is 17.2 Å². The van der Waals surface area contributed by atoms with Gasteiger partial charge in [-0.2, -0.15) is 5.26 Å². The van der Waals surface area contributed by atoms with E-state index in [1.54, 1.807) is 6.07 Å². The Labute approximate surface area is 96.2 Å². The van der Waals surface area contributed by atoms with Crippen LogP contribution in [-0.2, 0) is 0 Å². The summed E-state index contributed by atoms with van der Waals surface area (Å²) in [5.41, 5.74) is 0.619. The van der Waals surface area contributed by atoms with Crippen LogP contribution in [0.15, 0.2) is 24.3 Å². The van der Waals surface area contributed by atoms with Crippen LogP contribution in [0.2, 0.25) is 0 Å². The minimum absolute atomic E-state index is 0.594. The molecular weight excluding hydrogens is 200 g/mol. The summed E-state index contributed by atoms with van der Waals surface area (Å²) >= 11 is 0. The summed E-state index contributed by atoms with van der Waals surface area (Å²) in [6.45, 7) is 2.95. The monoisotopic (exact) mass is 216 g/mol.